The zero-order valence-electron chi connectivity index (χ0n) is 19.9. The highest BCUT2D eigenvalue weighted by Crippen LogP contribution is 2.39. The molecule has 1 aromatic heterocycles. The lowest BCUT2D eigenvalue weighted by Crippen LogP contribution is -2.32. The van der Waals surface area contributed by atoms with Gasteiger partial charge in [0.1, 0.15) is 0 Å². The SMILES string of the molecule is CCCOc1cc(-c2nc3ccc4ccccc4c3c3c2CN(CCC)CC3)ccc1OC. The number of rotatable bonds is 7. The van der Waals surface area contributed by atoms with Gasteiger partial charge in [-0.25, -0.2) is 4.98 Å². The van der Waals surface area contributed by atoms with E-state index in [-0.39, 0.29) is 0 Å². The van der Waals surface area contributed by atoms with Crippen LogP contribution in [-0.2, 0) is 13.0 Å². The first-order valence-corrected chi connectivity index (χ1v) is 12.1. The Balaban J connectivity index is 1.74. The molecule has 0 aliphatic carbocycles. The summed E-state index contributed by atoms with van der Waals surface area (Å²) in [6.07, 6.45) is 3.16. The lowest BCUT2D eigenvalue weighted by atomic mass is 9.89. The molecule has 0 amide bonds. The van der Waals surface area contributed by atoms with Crippen LogP contribution in [0.4, 0.5) is 0 Å². The van der Waals surface area contributed by atoms with E-state index in [2.05, 4.69) is 67.3 Å². The minimum absolute atomic E-state index is 0.666. The van der Waals surface area contributed by atoms with Crippen LogP contribution in [0.3, 0.4) is 0 Å². The number of hydrogen-bond donors (Lipinski definition) is 0. The summed E-state index contributed by atoms with van der Waals surface area (Å²) in [5.41, 5.74) is 6.03. The zero-order valence-corrected chi connectivity index (χ0v) is 19.9. The standard InChI is InChI=1S/C29H32N2O2/c1-4-15-31-16-14-23-24(19-31)29(21-11-13-26(32-3)27(18-21)33-17-5-2)30-25-12-10-20-8-6-7-9-22(20)28(23)25/h6-13,18H,4-5,14-17,19H2,1-3H3. The van der Waals surface area contributed by atoms with E-state index < -0.39 is 0 Å². The van der Waals surface area contributed by atoms with Crippen molar-refractivity contribution in [2.75, 3.05) is 26.8 Å². The van der Waals surface area contributed by atoms with Gasteiger partial charge in [0.05, 0.1) is 24.9 Å². The van der Waals surface area contributed by atoms with Crippen LogP contribution < -0.4 is 9.47 Å². The zero-order chi connectivity index (χ0) is 22.8. The van der Waals surface area contributed by atoms with Crippen LogP contribution in [0.25, 0.3) is 32.9 Å². The molecule has 0 N–H and O–H groups in total. The fourth-order valence-corrected chi connectivity index (χ4v) is 5.07. The van der Waals surface area contributed by atoms with Gasteiger partial charge in [-0.3, -0.25) is 4.90 Å². The first kappa shape index (κ1) is 21.7. The van der Waals surface area contributed by atoms with Crippen molar-refractivity contribution < 1.29 is 9.47 Å². The van der Waals surface area contributed by atoms with E-state index in [0.717, 1.165) is 67.2 Å². The second-order valence-corrected chi connectivity index (χ2v) is 8.84. The Bertz CT molecular complexity index is 1300. The summed E-state index contributed by atoms with van der Waals surface area (Å²) in [5, 5.41) is 3.90. The third-order valence-corrected chi connectivity index (χ3v) is 6.59. The topological polar surface area (TPSA) is 34.6 Å². The molecule has 1 aliphatic heterocycles. The molecule has 0 unspecified atom stereocenters. The molecule has 0 bridgehead atoms. The molecule has 0 radical (unpaired) electrons. The monoisotopic (exact) mass is 440 g/mol. The molecule has 4 nitrogen and oxygen atoms in total. The minimum atomic E-state index is 0.666. The quantitative estimate of drug-likeness (QED) is 0.303. The Hall–Kier alpha value is -3.11. The first-order chi connectivity index (χ1) is 16.2. The fourth-order valence-electron chi connectivity index (χ4n) is 5.07. The van der Waals surface area contributed by atoms with Crippen molar-refractivity contribution in [1.82, 2.24) is 9.88 Å². The maximum Gasteiger partial charge on any atom is 0.161 e. The van der Waals surface area contributed by atoms with Crippen LogP contribution in [0.1, 0.15) is 37.8 Å². The number of methoxy groups -OCH3 is 1. The minimum Gasteiger partial charge on any atom is -0.493 e. The highest BCUT2D eigenvalue weighted by Gasteiger charge is 2.24. The number of fused-ring (bicyclic) bond motifs is 5. The molecular weight excluding hydrogens is 408 g/mol. The predicted octanol–water partition coefficient (Wildman–Crippen LogP) is 6.62. The summed E-state index contributed by atoms with van der Waals surface area (Å²) in [5.74, 6) is 1.55. The molecule has 5 rings (SSSR count). The van der Waals surface area contributed by atoms with Gasteiger partial charge in [0.15, 0.2) is 11.5 Å². The molecule has 0 spiro atoms. The van der Waals surface area contributed by atoms with E-state index in [1.54, 1.807) is 7.11 Å². The van der Waals surface area contributed by atoms with Gasteiger partial charge >= 0.3 is 0 Å². The van der Waals surface area contributed by atoms with E-state index in [9.17, 15) is 0 Å². The molecule has 170 valence electrons. The molecule has 3 aromatic carbocycles. The number of pyridine rings is 1. The Morgan fingerprint density at radius 1 is 0.939 bits per heavy atom. The maximum atomic E-state index is 6.03. The van der Waals surface area contributed by atoms with E-state index in [1.807, 2.05) is 6.07 Å². The van der Waals surface area contributed by atoms with E-state index in [4.69, 9.17) is 14.5 Å². The second-order valence-electron chi connectivity index (χ2n) is 8.84. The van der Waals surface area contributed by atoms with Gasteiger partial charge in [0.25, 0.3) is 0 Å². The molecule has 4 aromatic rings. The largest absolute Gasteiger partial charge is 0.493 e. The van der Waals surface area contributed by atoms with Crippen LogP contribution in [0.15, 0.2) is 54.6 Å². The lowest BCUT2D eigenvalue weighted by Gasteiger charge is -2.31. The second kappa shape index (κ2) is 9.40. The molecule has 0 atom stereocenters. The molecule has 1 aliphatic rings. The third-order valence-electron chi connectivity index (χ3n) is 6.59. The Kier molecular flexibility index (Phi) is 6.19. The van der Waals surface area contributed by atoms with Gasteiger partial charge in [-0.15, -0.1) is 0 Å². The van der Waals surface area contributed by atoms with Crippen LogP contribution in [0.5, 0.6) is 11.5 Å². The third kappa shape index (κ3) is 4.04. The number of ether oxygens (including phenoxy) is 2. The van der Waals surface area contributed by atoms with E-state index in [0.29, 0.717) is 6.61 Å². The normalized spacial score (nSPS) is 13.9. The van der Waals surface area contributed by atoms with Crippen molar-refractivity contribution in [3.8, 4) is 22.8 Å². The van der Waals surface area contributed by atoms with Gasteiger partial charge in [-0.2, -0.15) is 0 Å². The summed E-state index contributed by atoms with van der Waals surface area (Å²) in [4.78, 5) is 7.82. The molecule has 0 saturated heterocycles. The highest BCUT2D eigenvalue weighted by molar-refractivity contribution is 6.09. The van der Waals surface area contributed by atoms with E-state index >= 15 is 0 Å². The summed E-state index contributed by atoms with van der Waals surface area (Å²) in [7, 11) is 1.69. The van der Waals surface area contributed by atoms with Crippen molar-refractivity contribution in [2.45, 2.75) is 39.7 Å². The molecule has 2 heterocycles. The van der Waals surface area contributed by atoms with Crippen LogP contribution in [-0.4, -0.2) is 36.7 Å². The van der Waals surface area contributed by atoms with Crippen molar-refractivity contribution in [3.63, 3.8) is 0 Å². The van der Waals surface area contributed by atoms with Crippen molar-refractivity contribution in [3.05, 3.63) is 65.7 Å². The average molecular weight is 441 g/mol. The maximum absolute atomic E-state index is 6.03. The van der Waals surface area contributed by atoms with Gasteiger partial charge in [-0.05, 0) is 72.0 Å². The number of hydrogen-bond acceptors (Lipinski definition) is 4. The Morgan fingerprint density at radius 3 is 2.64 bits per heavy atom. The van der Waals surface area contributed by atoms with Gasteiger partial charge < -0.3 is 9.47 Å². The van der Waals surface area contributed by atoms with Crippen LogP contribution in [0.2, 0.25) is 0 Å². The highest BCUT2D eigenvalue weighted by atomic mass is 16.5. The predicted molar refractivity (Wildman–Crippen MR) is 136 cm³/mol. The summed E-state index contributed by atoms with van der Waals surface area (Å²) < 4.78 is 11.6. The van der Waals surface area contributed by atoms with Crippen molar-refractivity contribution in [1.29, 1.82) is 0 Å². The van der Waals surface area contributed by atoms with Crippen LogP contribution >= 0.6 is 0 Å². The summed E-state index contributed by atoms with van der Waals surface area (Å²) >= 11 is 0. The molecule has 0 saturated carbocycles. The first-order valence-electron chi connectivity index (χ1n) is 12.1. The average Bonchev–Trinajstić information content (AvgIpc) is 2.86. The van der Waals surface area contributed by atoms with E-state index in [1.165, 1.54) is 27.3 Å². The number of benzene rings is 3. The van der Waals surface area contributed by atoms with Crippen molar-refractivity contribution >= 4 is 21.7 Å². The smallest absolute Gasteiger partial charge is 0.161 e. The van der Waals surface area contributed by atoms with Crippen LogP contribution in [0, 0.1) is 0 Å². The molecule has 0 fully saturated rings. The fraction of sp³-hybridized carbons (Fsp3) is 0.345. The van der Waals surface area contributed by atoms with Gasteiger partial charge in [0.2, 0.25) is 0 Å². The number of aromatic nitrogens is 1. The van der Waals surface area contributed by atoms with Gasteiger partial charge in [-0.1, -0.05) is 44.2 Å². The summed E-state index contributed by atoms with van der Waals surface area (Å²) in [6, 6.07) is 19.3. The molecule has 4 heteroatoms. The lowest BCUT2D eigenvalue weighted by molar-refractivity contribution is 0.255. The van der Waals surface area contributed by atoms with Crippen molar-refractivity contribution in [2.24, 2.45) is 0 Å². The molecule has 33 heavy (non-hydrogen) atoms. The number of nitrogens with zero attached hydrogens (tertiary/aromatic N) is 2. The molecular formula is C29H32N2O2. The Labute approximate surface area is 196 Å². The Morgan fingerprint density at radius 2 is 1.82 bits per heavy atom. The van der Waals surface area contributed by atoms with Gasteiger partial charge in [0, 0.05) is 24.0 Å². The summed E-state index contributed by atoms with van der Waals surface area (Å²) in [6.45, 7) is 8.17.